The average molecular weight is 270 g/mol. The van der Waals surface area contributed by atoms with E-state index in [1.807, 2.05) is 11.8 Å². The maximum atomic E-state index is 2.53. The Balaban J connectivity index is 1.89. The van der Waals surface area contributed by atoms with Gasteiger partial charge in [-0.3, -0.25) is 0 Å². The minimum absolute atomic E-state index is 0.748. The van der Waals surface area contributed by atoms with Gasteiger partial charge in [-0.2, -0.15) is 0 Å². The second-order valence-corrected chi connectivity index (χ2v) is 7.30. The first kappa shape index (κ1) is 13.1. The number of allylic oxidation sites excluding steroid dienone is 3. The molecule has 0 saturated carbocycles. The predicted octanol–water partition coefficient (Wildman–Crippen LogP) is 5.52. The van der Waals surface area contributed by atoms with Gasteiger partial charge in [0, 0.05) is 9.80 Å². The third kappa shape index (κ3) is 2.67. The van der Waals surface area contributed by atoms with Crippen molar-refractivity contribution in [1.82, 2.24) is 0 Å². The van der Waals surface area contributed by atoms with E-state index < -0.39 is 0 Å². The zero-order valence-corrected chi connectivity index (χ0v) is 12.9. The van der Waals surface area contributed by atoms with Crippen molar-refractivity contribution in [3.63, 3.8) is 0 Å². The Morgan fingerprint density at radius 3 is 2.95 bits per heavy atom. The molecule has 0 aromatic heterocycles. The fraction of sp³-hybridized carbons (Fsp3) is 0.444. The van der Waals surface area contributed by atoms with Crippen LogP contribution in [0.25, 0.3) is 0 Å². The smallest absolute Gasteiger partial charge is 0.0160 e. The van der Waals surface area contributed by atoms with Crippen LogP contribution in [0.2, 0.25) is 0 Å². The molecule has 2 aliphatic rings. The molecule has 1 heteroatoms. The lowest BCUT2D eigenvalue weighted by atomic mass is 9.87. The third-order valence-corrected chi connectivity index (χ3v) is 5.32. The summed E-state index contributed by atoms with van der Waals surface area (Å²) in [4.78, 5) is 2.99. The fourth-order valence-corrected chi connectivity index (χ4v) is 4.41. The van der Waals surface area contributed by atoms with Crippen molar-refractivity contribution in [1.29, 1.82) is 0 Å². The van der Waals surface area contributed by atoms with Crippen molar-refractivity contribution in [2.45, 2.75) is 44.9 Å². The molecule has 1 aromatic rings. The number of aryl methyl sites for hydroxylation is 1. The van der Waals surface area contributed by atoms with Gasteiger partial charge >= 0.3 is 0 Å². The van der Waals surface area contributed by atoms with E-state index in [0.717, 1.165) is 18.3 Å². The van der Waals surface area contributed by atoms with Crippen LogP contribution in [-0.4, -0.2) is 0 Å². The molecule has 1 aliphatic carbocycles. The van der Waals surface area contributed by atoms with Crippen molar-refractivity contribution >= 4 is 11.8 Å². The minimum atomic E-state index is 0.748. The third-order valence-electron chi connectivity index (χ3n) is 4.10. The van der Waals surface area contributed by atoms with Gasteiger partial charge < -0.3 is 0 Å². The molecule has 0 saturated heterocycles. The van der Waals surface area contributed by atoms with Crippen LogP contribution in [0, 0.1) is 18.8 Å². The standard InChI is InChI=1S/C18H22S/c1-12(2)9-14-7-8-15-11-16-13(3)5-4-6-17(16)19-18(15)10-14/h4-6,8,10,12,14H,7,9,11H2,1-3H3. The Labute approximate surface area is 121 Å². The van der Waals surface area contributed by atoms with Gasteiger partial charge in [-0.1, -0.05) is 49.9 Å². The molecule has 0 nitrogen and oxygen atoms in total. The van der Waals surface area contributed by atoms with E-state index >= 15 is 0 Å². The Hall–Kier alpha value is -0.950. The maximum absolute atomic E-state index is 2.53. The summed E-state index contributed by atoms with van der Waals surface area (Å²) in [7, 11) is 0. The van der Waals surface area contributed by atoms with E-state index in [4.69, 9.17) is 0 Å². The highest BCUT2D eigenvalue weighted by atomic mass is 32.2. The number of rotatable bonds is 2. The molecule has 0 radical (unpaired) electrons. The van der Waals surface area contributed by atoms with E-state index in [1.54, 1.807) is 11.1 Å². The molecular weight excluding hydrogens is 248 g/mol. The minimum Gasteiger partial charge on any atom is -0.0898 e. The van der Waals surface area contributed by atoms with Gasteiger partial charge in [0.25, 0.3) is 0 Å². The monoisotopic (exact) mass is 270 g/mol. The molecule has 1 atom stereocenters. The molecule has 1 unspecified atom stereocenters. The van der Waals surface area contributed by atoms with Gasteiger partial charge in [0.05, 0.1) is 0 Å². The highest BCUT2D eigenvalue weighted by Crippen LogP contribution is 2.45. The van der Waals surface area contributed by atoms with Crippen LogP contribution in [0.3, 0.4) is 0 Å². The molecular formula is C18H22S. The molecule has 0 bridgehead atoms. The molecule has 100 valence electrons. The van der Waals surface area contributed by atoms with Crippen LogP contribution in [0.15, 0.2) is 45.7 Å². The van der Waals surface area contributed by atoms with E-state index in [-0.39, 0.29) is 0 Å². The first-order valence-corrected chi connectivity index (χ1v) is 8.12. The Bertz CT molecular complexity index is 549. The van der Waals surface area contributed by atoms with Gasteiger partial charge in [-0.15, -0.1) is 0 Å². The Morgan fingerprint density at radius 2 is 2.16 bits per heavy atom. The average Bonchev–Trinajstić information content (AvgIpc) is 2.36. The van der Waals surface area contributed by atoms with Gasteiger partial charge in [0.2, 0.25) is 0 Å². The van der Waals surface area contributed by atoms with E-state index in [2.05, 4.69) is 51.1 Å². The van der Waals surface area contributed by atoms with Crippen molar-refractivity contribution in [2.24, 2.45) is 11.8 Å². The molecule has 0 spiro atoms. The van der Waals surface area contributed by atoms with Gasteiger partial charge in [0.15, 0.2) is 0 Å². The zero-order valence-electron chi connectivity index (χ0n) is 12.1. The number of thioether (sulfide) groups is 1. The van der Waals surface area contributed by atoms with Gasteiger partial charge in [0.1, 0.15) is 0 Å². The summed E-state index contributed by atoms with van der Waals surface area (Å²) in [5.41, 5.74) is 4.54. The molecule has 0 N–H and O–H groups in total. The summed E-state index contributed by atoms with van der Waals surface area (Å²) in [6.45, 7) is 6.88. The van der Waals surface area contributed by atoms with Gasteiger partial charge in [-0.25, -0.2) is 0 Å². The van der Waals surface area contributed by atoms with Crippen LogP contribution < -0.4 is 0 Å². The normalized spacial score (nSPS) is 21.6. The lowest BCUT2D eigenvalue weighted by Crippen LogP contribution is -2.11. The predicted molar refractivity (Wildman–Crippen MR) is 84.5 cm³/mol. The van der Waals surface area contributed by atoms with Crippen LogP contribution >= 0.6 is 11.8 Å². The second-order valence-electron chi connectivity index (χ2n) is 6.22. The number of fused-ring (bicyclic) bond motifs is 2. The van der Waals surface area contributed by atoms with E-state index in [9.17, 15) is 0 Å². The Morgan fingerprint density at radius 1 is 1.32 bits per heavy atom. The first-order valence-electron chi connectivity index (χ1n) is 7.31. The van der Waals surface area contributed by atoms with Crippen molar-refractivity contribution in [3.8, 4) is 0 Å². The molecule has 1 aliphatic heterocycles. The summed E-state index contributed by atoms with van der Waals surface area (Å²) in [6, 6.07) is 6.70. The topological polar surface area (TPSA) is 0 Å². The van der Waals surface area contributed by atoms with Crippen LogP contribution in [0.1, 0.15) is 37.8 Å². The molecule has 0 fully saturated rings. The molecule has 0 amide bonds. The lowest BCUT2D eigenvalue weighted by molar-refractivity contribution is 0.474. The van der Waals surface area contributed by atoms with Crippen LogP contribution in [0.4, 0.5) is 0 Å². The molecule has 1 aromatic carbocycles. The molecule has 3 rings (SSSR count). The second kappa shape index (κ2) is 5.20. The zero-order chi connectivity index (χ0) is 13.4. The van der Waals surface area contributed by atoms with Crippen molar-refractivity contribution < 1.29 is 0 Å². The summed E-state index contributed by atoms with van der Waals surface area (Å²) < 4.78 is 0. The van der Waals surface area contributed by atoms with Crippen molar-refractivity contribution in [3.05, 3.63) is 52.0 Å². The molecule has 1 heterocycles. The molecule has 19 heavy (non-hydrogen) atoms. The van der Waals surface area contributed by atoms with E-state index in [0.29, 0.717) is 0 Å². The Kier molecular flexibility index (Phi) is 3.58. The largest absolute Gasteiger partial charge is 0.0898 e. The summed E-state index contributed by atoms with van der Waals surface area (Å²) in [6.07, 6.45) is 8.71. The number of hydrogen-bond acceptors (Lipinski definition) is 1. The maximum Gasteiger partial charge on any atom is 0.0160 e. The first-order chi connectivity index (χ1) is 9.13. The summed E-state index contributed by atoms with van der Waals surface area (Å²) >= 11 is 1.98. The van der Waals surface area contributed by atoms with Crippen LogP contribution in [0.5, 0.6) is 0 Å². The fourth-order valence-electron chi connectivity index (χ4n) is 3.12. The quantitative estimate of drug-likeness (QED) is 0.682. The van der Waals surface area contributed by atoms with E-state index in [1.165, 1.54) is 28.2 Å². The van der Waals surface area contributed by atoms with Crippen LogP contribution in [-0.2, 0) is 6.42 Å². The lowest BCUT2D eigenvalue weighted by Gasteiger charge is -2.28. The highest BCUT2D eigenvalue weighted by molar-refractivity contribution is 8.03. The summed E-state index contributed by atoms with van der Waals surface area (Å²) in [5.74, 6) is 1.54. The number of hydrogen-bond donors (Lipinski definition) is 0. The van der Waals surface area contributed by atoms with Crippen molar-refractivity contribution in [2.75, 3.05) is 0 Å². The SMILES string of the molecule is Cc1cccc2c1CC1=CCC(CC(C)C)C=C1S2. The highest BCUT2D eigenvalue weighted by Gasteiger charge is 2.23. The summed E-state index contributed by atoms with van der Waals surface area (Å²) in [5, 5.41) is 0. The number of benzene rings is 1. The van der Waals surface area contributed by atoms with Gasteiger partial charge in [-0.05, 0) is 60.8 Å².